The van der Waals surface area contributed by atoms with E-state index in [2.05, 4.69) is 76.1 Å². The van der Waals surface area contributed by atoms with Gasteiger partial charge in [-0.2, -0.15) is 0 Å². The molecule has 6 rings (SSSR count). The normalized spacial score (nSPS) is 18.0. The van der Waals surface area contributed by atoms with Crippen LogP contribution in [0, 0.1) is 0 Å². The Morgan fingerprint density at radius 1 is 0.925 bits per heavy atom. The number of benzene rings is 3. The maximum Gasteiger partial charge on any atom is 0.251 e. The maximum atomic E-state index is 12.8. The third kappa shape index (κ3) is 5.71. The molecule has 0 saturated carbocycles. The summed E-state index contributed by atoms with van der Waals surface area (Å²) < 4.78 is 8.70. The van der Waals surface area contributed by atoms with E-state index in [1.54, 1.807) is 6.07 Å². The van der Waals surface area contributed by atoms with Gasteiger partial charge in [0, 0.05) is 59.6 Å². The zero-order valence-electron chi connectivity index (χ0n) is 23.5. The van der Waals surface area contributed by atoms with Crippen molar-refractivity contribution in [1.82, 2.24) is 19.7 Å². The van der Waals surface area contributed by atoms with E-state index in [4.69, 9.17) is 16.3 Å². The second-order valence-corrected chi connectivity index (χ2v) is 11.8. The number of nitrogens with one attached hydrogen (secondary N) is 1. The molecule has 0 aliphatic carbocycles. The molecular formula is C33H39ClN4O2. The zero-order chi connectivity index (χ0) is 27.6. The summed E-state index contributed by atoms with van der Waals surface area (Å²) in [5, 5.41) is 6.33. The molecule has 210 valence electrons. The highest BCUT2D eigenvalue weighted by Gasteiger charge is 2.23. The highest BCUT2D eigenvalue weighted by molar-refractivity contribution is 6.32. The third-order valence-corrected chi connectivity index (χ3v) is 8.93. The van der Waals surface area contributed by atoms with Crippen LogP contribution >= 0.6 is 11.6 Å². The number of para-hydroxylation sites is 1. The van der Waals surface area contributed by atoms with Crippen molar-refractivity contribution < 1.29 is 9.53 Å². The monoisotopic (exact) mass is 558 g/mol. The van der Waals surface area contributed by atoms with Crippen molar-refractivity contribution in [2.45, 2.75) is 57.8 Å². The summed E-state index contributed by atoms with van der Waals surface area (Å²) in [5.74, 6) is 0.600. The molecular weight excluding hydrogens is 520 g/mol. The van der Waals surface area contributed by atoms with E-state index < -0.39 is 0 Å². The van der Waals surface area contributed by atoms with Crippen molar-refractivity contribution >= 4 is 39.3 Å². The number of hydrogen-bond acceptors (Lipinski definition) is 4. The minimum absolute atomic E-state index is 0.0613. The number of ether oxygens (including phenoxy) is 1. The highest BCUT2D eigenvalue weighted by Crippen LogP contribution is 2.31. The third-order valence-electron chi connectivity index (χ3n) is 8.64. The first kappa shape index (κ1) is 27.1. The number of likely N-dealkylation sites (tertiary alicyclic amines) is 2. The largest absolute Gasteiger partial charge is 0.489 e. The van der Waals surface area contributed by atoms with E-state index in [9.17, 15) is 4.79 Å². The first-order valence-electron chi connectivity index (χ1n) is 14.7. The zero-order valence-corrected chi connectivity index (χ0v) is 24.3. The number of aromatic nitrogens is 1. The quantitative estimate of drug-likeness (QED) is 0.288. The smallest absolute Gasteiger partial charge is 0.251 e. The van der Waals surface area contributed by atoms with Crippen LogP contribution < -0.4 is 10.1 Å². The van der Waals surface area contributed by atoms with Crippen LogP contribution in [0.3, 0.4) is 0 Å². The Kier molecular flexibility index (Phi) is 8.01. The second-order valence-electron chi connectivity index (χ2n) is 11.4. The Balaban J connectivity index is 1.04. The van der Waals surface area contributed by atoms with Crippen LogP contribution in [-0.4, -0.2) is 65.6 Å². The molecule has 1 aromatic heterocycles. The molecule has 6 nitrogen and oxygen atoms in total. The summed E-state index contributed by atoms with van der Waals surface area (Å²) in [6.45, 7) is 8.10. The molecule has 7 heteroatoms. The number of piperidine rings is 2. The number of amides is 1. The maximum absolute atomic E-state index is 12.8. The fourth-order valence-corrected chi connectivity index (χ4v) is 6.55. The van der Waals surface area contributed by atoms with Crippen LogP contribution in [0.4, 0.5) is 0 Å². The molecule has 2 aliphatic heterocycles. The van der Waals surface area contributed by atoms with Gasteiger partial charge in [0.2, 0.25) is 0 Å². The Morgan fingerprint density at radius 2 is 1.68 bits per heavy atom. The van der Waals surface area contributed by atoms with Gasteiger partial charge < -0.3 is 19.5 Å². The Morgan fingerprint density at radius 3 is 2.42 bits per heavy atom. The molecule has 0 spiro atoms. The van der Waals surface area contributed by atoms with Gasteiger partial charge in [0.15, 0.2) is 0 Å². The van der Waals surface area contributed by atoms with Gasteiger partial charge in [-0.05, 0) is 94.7 Å². The Bertz CT molecular complexity index is 1500. The number of carbonyl (C=O) groups excluding carboxylic acids is 1. The number of aryl methyl sites for hydroxylation is 1. The molecule has 2 aliphatic rings. The molecule has 0 atom stereocenters. The van der Waals surface area contributed by atoms with E-state index in [1.165, 1.54) is 27.4 Å². The van der Waals surface area contributed by atoms with Crippen LogP contribution in [0.15, 0.2) is 60.7 Å². The SMILES string of the molecule is CCn1c2ccccc2c2cc(CN3CCC(Oc4ccc(C(=O)NC5CCN(C)CC5)cc4Cl)CC3)ccc21. The van der Waals surface area contributed by atoms with Crippen molar-refractivity contribution in [3.05, 3.63) is 76.8 Å². The van der Waals surface area contributed by atoms with Gasteiger partial charge >= 0.3 is 0 Å². The average Bonchev–Trinajstić information content (AvgIpc) is 3.29. The fraction of sp³-hybridized carbons (Fsp3) is 0.424. The van der Waals surface area contributed by atoms with Crippen LogP contribution in [-0.2, 0) is 13.1 Å². The van der Waals surface area contributed by atoms with Crippen molar-refractivity contribution in [3.63, 3.8) is 0 Å². The van der Waals surface area contributed by atoms with Crippen LogP contribution in [0.5, 0.6) is 5.75 Å². The lowest BCUT2D eigenvalue weighted by atomic mass is 10.0. The number of hydrogen-bond donors (Lipinski definition) is 1. The number of carbonyl (C=O) groups is 1. The summed E-state index contributed by atoms with van der Waals surface area (Å²) in [7, 11) is 2.12. The van der Waals surface area contributed by atoms with E-state index in [1.807, 2.05) is 12.1 Å². The van der Waals surface area contributed by atoms with Crippen molar-refractivity contribution in [1.29, 1.82) is 0 Å². The lowest BCUT2D eigenvalue weighted by Gasteiger charge is -2.32. The molecule has 2 saturated heterocycles. The molecule has 40 heavy (non-hydrogen) atoms. The van der Waals surface area contributed by atoms with Crippen molar-refractivity contribution in [3.8, 4) is 5.75 Å². The molecule has 1 amide bonds. The summed E-state index contributed by atoms with van der Waals surface area (Å²) in [5.41, 5.74) is 4.55. The topological polar surface area (TPSA) is 49.7 Å². The number of nitrogens with zero attached hydrogens (tertiary/aromatic N) is 3. The van der Waals surface area contributed by atoms with Gasteiger partial charge in [-0.3, -0.25) is 9.69 Å². The molecule has 0 radical (unpaired) electrons. The van der Waals surface area contributed by atoms with Crippen LogP contribution in [0.2, 0.25) is 5.02 Å². The Hall–Kier alpha value is -3.06. The molecule has 2 fully saturated rings. The average molecular weight is 559 g/mol. The van der Waals surface area contributed by atoms with E-state index >= 15 is 0 Å². The van der Waals surface area contributed by atoms with Crippen molar-refractivity contribution in [2.24, 2.45) is 0 Å². The highest BCUT2D eigenvalue weighted by atomic mass is 35.5. The summed E-state index contributed by atoms with van der Waals surface area (Å²) in [6, 6.07) is 21.3. The van der Waals surface area contributed by atoms with Gasteiger partial charge in [0.1, 0.15) is 11.9 Å². The predicted octanol–water partition coefficient (Wildman–Crippen LogP) is 6.34. The van der Waals surface area contributed by atoms with Gasteiger partial charge in [-0.25, -0.2) is 0 Å². The standard InChI is InChI=1S/C33H39ClN4O2/c1-3-38-30-7-5-4-6-27(30)28-20-23(8-10-31(28)38)22-37-18-14-26(15-19-37)40-32-11-9-24(21-29(32)34)33(39)35-25-12-16-36(2)17-13-25/h4-11,20-21,25-26H,3,12-19,22H2,1-2H3,(H,35,39). The van der Waals surface area contributed by atoms with Gasteiger partial charge in [0.25, 0.3) is 5.91 Å². The number of halogens is 1. The number of fused-ring (bicyclic) bond motifs is 3. The van der Waals surface area contributed by atoms with Gasteiger partial charge in [0.05, 0.1) is 5.02 Å². The minimum atomic E-state index is -0.0613. The summed E-state index contributed by atoms with van der Waals surface area (Å²) in [6.07, 6.45) is 3.98. The molecule has 3 aromatic carbocycles. The molecule has 1 N–H and O–H groups in total. The van der Waals surface area contributed by atoms with E-state index in [-0.39, 0.29) is 18.1 Å². The van der Waals surface area contributed by atoms with E-state index in [0.717, 1.165) is 65.0 Å². The van der Waals surface area contributed by atoms with Gasteiger partial charge in [-0.1, -0.05) is 35.9 Å². The summed E-state index contributed by atoms with van der Waals surface area (Å²) >= 11 is 6.57. The molecule has 3 heterocycles. The van der Waals surface area contributed by atoms with Gasteiger partial charge in [-0.15, -0.1) is 0 Å². The fourth-order valence-electron chi connectivity index (χ4n) is 6.32. The van der Waals surface area contributed by atoms with Crippen LogP contribution in [0.1, 0.15) is 48.5 Å². The summed E-state index contributed by atoms with van der Waals surface area (Å²) in [4.78, 5) is 17.6. The molecule has 4 aromatic rings. The molecule has 0 unspecified atom stereocenters. The second kappa shape index (κ2) is 11.8. The first-order valence-corrected chi connectivity index (χ1v) is 15.0. The lowest BCUT2D eigenvalue weighted by molar-refractivity contribution is 0.0916. The predicted molar refractivity (Wildman–Crippen MR) is 163 cm³/mol. The lowest BCUT2D eigenvalue weighted by Crippen LogP contribution is -2.43. The minimum Gasteiger partial charge on any atom is -0.489 e. The molecule has 0 bridgehead atoms. The van der Waals surface area contributed by atoms with E-state index in [0.29, 0.717) is 16.3 Å². The van der Waals surface area contributed by atoms with Crippen molar-refractivity contribution in [2.75, 3.05) is 33.2 Å². The number of rotatable bonds is 7. The first-order chi connectivity index (χ1) is 19.5. The Labute approximate surface area is 241 Å². The van der Waals surface area contributed by atoms with Crippen LogP contribution in [0.25, 0.3) is 21.8 Å².